The SMILES string of the molecule is FC(F)(F)c1cc(C2(C(F)(F)F)CC=NC2)cc(C(F)(F)F)n1. The summed E-state index contributed by atoms with van der Waals surface area (Å²) in [5.74, 6) is 0. The predicted octanol–water partition coefficient (Wildman–Crippen LogP) is 4.39. The first kappa shape index (κ1) is 17.5. The van der Waals surface area contributed by atoms with E-state index in [0.29, 0.717) is 0 Å². The third kappa shape index (κ3) is 3.13. The molecule has 1 aliphatic heterocycles. The summed E-state index contributed by atoms with van der Waals surface area (Å²) >= 11 is 0. The molecule has 1 aromatic rings. The van der Waals surface area contributed by atoms with Crippen molar-refractivity contribution in [3.05, 3.63) is 29.1 Å². The first-order valence-electron chi connectivity index (χ1n) is 5.99. The Bertz CT molecular complexity index is 585. The van der Waals surface area contributed by atoms with E-state index in [2.05, 4.69) is 9.98 Å². The van der Waals surface area contributed by atoms with Crippen LogP contribution in [-0.2, 0) is 17.8 Å². The maximum atomic E-state index is 13.3. The summed E-state index contributed by atoms with van der Waals surface area (Å²) in [4.78, 5) is 5.74. The summed E-state index contributed by atoms with van der Waals surface area (Å²) in [7, 11) is 0. The van der Waals surface area contributed by atoms with Gasteiger partial charge in [0.25, 0.3) is 0 Å². The van der Waals surface area contributed by atoms with Gasteiger partial charge in [0, 0.05) is 12.6 Å². The zero-order chi connectivity index (χ0) is 17.7. The van der Waals surface area contributed by atoms with E-state index in [-0.39, 0.29) is 12.1 Å². The molecule has 23 heavy (non-hydrogen) atoms. The van der Waals surface area contributed by atoms with Gasteiger partial charge >= 0.3 is 18.5 Å². The Morgan fingerprint density at radius 2 is 1.30 bits per heavy atom. The van der Waals surface area contributed by atoms with Gasteiger partial charge in [0.05, 0.1) is 6.54 Å². The predicted molar refractivity (Wildman–Crippen MR) is 60.0 cm³/mol. The number of aromatic nitrogens is 1. The van der Waals surface area contributed by atoms with Crippen molar-refractivity contribution >= 4 is 6.21 Å². The summed E-state index contributed by atoms with van der Waals surface area (Å²) in [6, 6.07) is -0.00514. The Labute approximate surface area is 123 Å². The largest absolute Gasteiger partial charge is 0.433 e. The van der Waals surface area contributed by atoms with Crippen LogP contribution in [0.3, 0.4) is 0 Å². The van der Waals surface area contributed by atoms with Crippen LogP contribution in [-0.4, -0.2) is 23.9 Å². The number of hydrogen-bond donors (Lipinski definition) is 0. The Hall–Kier alpha value is -1.81. The van der Waals surface area contributed by atoms with Crippen molar-refractivity contribution in [1.29, 1.82) is 0 Å². The Balaban J connectivity index is 2.71. The molecule has 0 saturated heterocycles. The lowest BCUT2D eigenvalue weighted by Crippen LogP contribution is -2.43. The lowest BCUT2D eigenvalue weighted by molar-refractivity contribution is -0.184. The smallest absolute Gasteiger partial charge is 0.296 e. The first-order valence-corrected chi connectivity index (χ1v) is 5.99. The highest BCUT2D eigenvalue weighted by molar-refractivity contribution is 5.64. The third-order valence-corrected chi connectivity index (χ3v) is 3.43. The maximum absolute atomic E-state index is 13.3. The van der Waals surface area contributed by atoms with Gasteiger partial charge in [-0.05, 0) is 17.7 Å². The molecule has 0 aliphatic carbocycles. The zero-order valence-corrected chi connectivity index (χ0v) is 10.9. The van der Waals surface area contributed by atoms with Crippen LogP contribution in [0.15, 0.2) is 17.1 Å². The second-order valence-electron chi connectivity index (χ2n) is 4.93. The second-order valence-corrected chi connectivity index (χ2v) is 4.93. The van der Waals surface area contributed by atoms with Crippen molar-refractivity contribution < 1.29 is 39.5 Å². The lowest BCUT2D eigenvalue weighted by atomic mass is 9.78. The number of aliphatic imine (C=N–C) groups is 1. The van der Waals surface area contributed by atoms with Crippen LogP contribution in [0.5, 0.6) is 0 Å². The van der Waals surface area contributed by atoms with Crippen LogP contribution < -0.4 is 0 Å². The van der Waals surface area contributed by atoms with Gasteiger partial charge in [-0.1, -0.05) is 0 Å². The summed E-state index contributed by atoms with van der Waals surface area (Å²) in [5, 5.41) is 0. The second kappa shape index (κ2) is 5.10. The van der Waals surface area contributed by atoms with E-state index in [4.69, 9.17) is 0 Å². The van der Waals surface area contributed by atoms with Crippen molar-refractivity contribution in [3.63, 3.8) is 0 Å². The summed E-state index contributed by atoms with van der Waals surface area (Å²) in [5.41, 5.74) is -8.14. The van der Waals surface area contributed by atoms with Crippen LogP contribution in [0.1, 0.15) is 23.4 Å². The molecule has 0 bridgehead atoms. The van der Waals surface area contributed by atoms with Gasteiger partial charge in [-0.3, -0.25) is 4.99 Å². The molecule has 0 spiro atoms. The van der Waals surface area contributed by atoms with E-state index < -0.39 is 53.9 Å². The third-order valence-electron chi connectivity index (χ3n) is 3.43. The molecule has 2 nitrogen and oxygen atoms in total. The highest BCUT2D eigenvalue weighted by Gasteiger charge is 2.57. The molecule has 1 unspecified atom stereocenters. The molecule has 2 rings (SSSR count). The lowest BCUT2D eigenvalue weighted by Gasteiger charge is -2.31. The molecule has 0 saturated carbocycles. The fourth-order valence-corrected chi connectivity index (χ4v) is 2.18. The summed E-state index contributed by atoms with van der Waals surface area (Å²) in [6.07, 6.45) is -15.7. The van der Waals surface area contributed by atoms with E-state index in [1.807, 2.05) is 0 Å². The van der Waals surface area contributed by atoms with E-state index in [1.165, 1.54) is 0 Å². The van der Waals surface area contributed by atoms with Crippen LogP contribution in [0.2, 0.25) is 0 Å². The zero-order valence-electron chi connectivity index (χ0n) is 10.9. The van der Waals surface area contributed by atoms with Crippen LogP contribution in [0.25, 0.3) is 0 Å². The number of nitrogens with zero attached hydrogens (tertiary/aromatic N) is 2. The van der Waals surface area contributed by atoms with E-state index in [1.54, 1.807) is 0 Å². The molecular weight excluding hydrogens is 343 g/mol. The molecule has 0 fully saturated rings. The van der Waals surface area contributed by atoms with Crippen molar-refractivity contribution in [3.8, 4) is 0 Å². The highest BCUT2D eigenvalue weighted by Crippen LogP contribution is 2.47. The molecule has 0 amide bonds. The molecule has 128 valence electrons. The van der Waals surface area contributed by atoms with Gasteiger partial charge in [0.1, 0.15) is 16.8 Å². The molecule has 1 aliphatic rings. The number of pyridine rings is 1. The average molecular weight is 350 g/mol. The quantitative estimate of drug-likeness (QED) is 0.690. The van der Waals surface area contributed by atoms with Gasteiger partial charge in [-0.25, -0.2) is 4.98 Å². The molecule has 2 heterocycles. The molecule has 1 aromatic heterocycles. The van der Waals surface area contributed by atoms with Crippen LogP contribution in [0.4, 0.5) is 39.5 Å². The van der Waals surface area contributed by atoms with Crippen molar-refractivity contribution in [2.45, 2.75) is 30.4 Å². The monoisotopic (exact) mass is 350 g/mol. The van der Waals surface area contributed by atoms with Gasteiger partial charge in [-0.15, -0.1) is 0 Å². The fraction of sp³-hybridized carbons (Fsp3) is 0.500. The van der Waals surface area contributed by atoms with Gasteiger partial charge in [0.2, 0.25) is 0 Å². The van der Waals surface area contributed by atoms with E-state index in [9.17, 15) is 39.5 Å². The average Bonchev–Trinajstić information content (AvgIpc) is 2.86. The molecule has 0 aromatic carbocycles. The standard InChI is InChI=1S/C12H7F9N2/c13-10(14,15)7-3-6(4-8(23-7)11(16,17)18)9(12(19,20)21)1-2-22-5-9/h2-4H,1,5H2. The summed E-state index contributed by atoms with van der Waals surface area (Å²) in [6.45, 7) is -0.977. The Morgan fingerprint density at radius 1 is 0.826 bits per heavy atom. The topological polar surface area (TPSA) is 25.2 Å². The van der Waals surface area contributed by atoms with Gasteiger partial charge in [-0.2, -0.15) is 39.5 Å². The van der Waals surface area contributed by atoms with Crippen molar-refractivity contribution in [1.82, 2.24) is 4.98 Å². The minimum atomic E-state index is -5.32. The normalized spacial score (nSPS) is 22.7. The highest BCUT2D eigenvalue weighted by atomic mass is 19.4. The Kier molecular flexibility index (Phi) is 3.89. The first-order chi connectivity index (χ1) is 10.3. The van der Waals surface area contributed by atoms with Crippen LogP contribution in [0, 0.1) is 0 Å². The molecule has 0 N–H and O–H groups in total. The maximum Gasteiger partial charge on any atom is 0.433 e. The van der Waals surface area contributed by atoms with Crippen LogP contribution >= 0.6 is 0 Å². The van der Waals surface area contributed by atoms with Crippen molar-refractivity contribution in [2.75, 3.05) is 6.54 Å². The minimum absolute atomic E-state index is 0.00257. The number of hydrogen-bond acceptors (Lipinski definition) is 2. The number of halogens is 9. The molecule has 1 atom stereocenters. The number of rotatable bonds is 1. The van der Waals surface area contributed by atoms with Crippen molar-refractivity contribution in [2.24, 2.45) is 4.99 Å². The number of alkyl halides is 9. The Morgan fingerprint density at radius 3 is 1.61 bits per heavy atom. The minimum Gasteiger partial charge on any atom is -0.296 e. The summed E-state index contributed by atoms with van der Waals surface area (Å²) < 4.78 is 116. The fourth-order valence-electron chi connectivity index (χ4n) is 2.18. The molecule has 11 heteroatoms. The molecular formula is C12H7F9N2. The van der Waals surface area contributed by atoms with E-state index in [0.717, 1.165) is 6.21 Å². The van der Waals surface area contributed by atoms with Gasteiger partial charge in [0.15, 0.2) is 0 Å². The van der Waals surface area contributed by atoms with Gasteiger partial charge < -0.3 is 0 Å². The molecule has 0 radical (unpaired) electrons. The van der Waals surface area contributed by atoms with E-state index >= 15 is 0 Å².